The Hall–Kier alpha value is -0.310. The maximum absolute atomic E-state index is 6.04. The summed E-state index contributed by atoms with van der Waals surface area (Å²) in [7, 11) is 0. The van der Waals surface area contributed by atoms with Crippen molar-refractivity contribution in [3.63, 3.8) is 0 Å². The first-order chi connectivity index (χ1) is 7.50. The van der Waals surface area contributed by atoms with Gasteiger partial charge >= 0.3 is 0 Å². The van der Waals surface area contributed by atoms with Gasteiger partial charge in [-0.3, -0.25) is 4.98 Å². The molecule has 2 nitrogen and oxygen atoms in total. The molecule has 88 valence electrons. The standard InChI is InChI=1S/C12H16Cl2N2/c1-12(2)5-11(12)16-4-3-8-9(13)6-15-7-10(8)14/h6-7,11,16H,3-5H2,1-2H3. The van der Waals surface area contributed by atoms with Gasteiger partial charge in [-0.05, 0) is 30.4 Å². The second-order valence-electron chi connectivity index (χ2n) is 5.03. The molecule has 1 N–H and O–H groups in total. The minimum atomic E-state index is 0.464. The summed E-state index contributed by atoms with van der Waals surface area (Å²) in [5.41, 5.74) is 1.45. The van der Waals surface area contributed by atoms with Gasteiger partial charge in [0.15, 0.2) is 0 Å². The van der Waals surface area contributed by atoms with Gasteiger partial charge in [0.2, 0.25) is 0 Å². The molecule has 1 aromatic rings. The van der Waals surface area contributed by atoms with E-state index in [0.29, 0.717) is 21.5 Å². The van der Waals surface area contributed by atoms with Crippen LogP contribution in [0.1, 0.15) is 25.8 Å². The zero-order valence-corrected chi connectivity index (χ0v) is 11.1. The van der Waals surface area contributed by atoms with E-state index in [2.05, 4.69) is 24.1 Å². The first kappa shape index (κ1) is 12.2. The van der Waals surface area contributed by atoms with Gasteiger partial charge in [-0.2, -0.15) is 0 Å². The minimum Gasteiger partial charge on any atom is -0.313 e. The van der Waals surface area contributed by atoms with Crippen LogP contribution in [0.4, 0.5) is 0 Å². The van der Waals surface area contributed by atoms with Crippen LogP contribution < -0.4 is 5.32 Å². The molecular weight excluding hydrogens is 243 g/mol. The van der Waals surface area contributed by atoms with E-state index in [1.54, 1.807) is 12.4 Å². The van der Waals surface area contributed by atoms with Crippen molar-refractivity contribution in [1.29, 1.82) is 0 Å². The molecule has 0 spiro atoms. The molecule has 16 heavy (non-hydrogen) atoms. The molecule has 1 aliphatic rings. The van der Waals surface area contributed by atoms with Crippen molar-refractivity contribution in [3.05, 3.63) is 28.0 Å². The summed E-state index contributed by atoms with van der Waals surface area (Å²) in [5.74, 6) is 0. The summed E-state index contributed by atoms with van der Waals surface area (Å²) in [5, 5.41) is 4.83. The summed E-state index contributed by atoms with van der Waals surface area (Å²) in [6.07, 6.45) is 5.39. The number of halogens is 2. The van der Waals surface area contributed by atoms with Gasteiger partial charge in [0.05, 0.1) is 10.0 Å². The zero-order valence-electron chi connectivity index (χ0n) is 9.56. The molecular formula is C12H16Cl2N2. The van der Waals surface area contributed by atoms with Crippen LogP contribution >= 0.6 is 23.2 Å². The van der Waals surface area contributed by atoms with Gasteiger partial charge in [0.1, 0.15) is 0 Å². The predicted molar refractivity (Wildman–Crippen MR) is 68.1 cm³/mol. The highest BCUT2D eigenvalue weighted by molar-refractivity contribution is 6.35. The summed E-state index contributed by atoms with van der Waals surface area (Å²) in [6, 6.07) is 0.645. The minimum absolute atomic E-state index is 0.464. The van der Waals surface area contributed by atoms with E-state index in [-0.39, 0.29) is 0 Å². The molecule has 1 heterocycles. The van der Waals surface area contributed by atoms with Gasteiger partial charge < -0.3 is 5.32 Å². The van der Waals surface area contributed by atoms with Crippen molar-refractivity contribution in [1.82, 2.24) is 10.3 Å². The Bertz CT molecular complexity index is 370. The third-order valence-corrected chi connectivity index (χ3v) is 3.88. The molecule has 1 fully saturated rings. The van der Waals surface area contributed by atoms with Crippen LogP contribution in [0, 0.1) is 5.41 Å². The van der Waals surface area contributed by atoms with Crippen molar-refractivity contribution in [2.75, 3.05) is 6.54 Å². The van der Waals surface area contributed by atoms with Gasteiger partial charge in [-0.1, -0.05) is 37.0 Å². The van der Waals surface area contributed by atoms with Crippen molar-refractivity contribution in [3.8, 4) is 0 Å². The first-order valence-electron chi connectivity index (χ1n) is 5.52. The summed E-state index contributed by atoms with van der Waals surface area (Å²) >= 11 is 12.1. The summed E-state index contributed by atoms with van der Waals surface area (Å²) in [4.78, 5) is 3.94. The van der Waals surface area contributed by atoms with Gasteiger partial charge in [-0.25, -0.2) is 0 Å². The van der Waals surface area contributed by atoms with Gasteiger partial charge in [0.25, 0.3) is 0 Å². The smallest absolute Gasteiger partial charge is 0.0636 e. The van der Waals surface area contributed by atoms with Gasteiger partial charge in [0, 0.05) is 18.4 Å². The third-order valence-electron chi connectivity index (χ3n) is 3.23. The molecule has 0 aliphatic heterocycles. The van der Waals surface area contributed by atoms with E-state index in [1.807, 2.05) is 0 Å². The molecule has 1 aromatic heterocycles. The van der Waals surface area contributed by atoms with Crippen LogP contribution in [0.5, 0.6) is 0 Å². The van der Waals surface area contributed by atoms with E-state index in [9.17, 15) is 0 Å². The lowest BCUT2D eigenvalue weighted by Crippen LogP contribution is -2.23. The SMILES string of the molecule is CC1(C)CC1NCCc1c(Cl)cncc1Cl. The molecule has 0 saturated heterocycles. The number of pyridine rings is 1. The highest BCUT2D eigenvalue weighted by atomic mass is 35.5. The van der Waals surface area contributed by atoms with Crippen LogP contribution in [0.3, 0.4) is 0 Å². The number of hydrogen-bond donors (Lipinski definition) is 1. The van der Waals surface area contributed by atoms with Crippen molar-refractivity contribution in [2.24, 2.45) is 5.41 Å². The number of nitrogens with zero attached hydrogens (tertiary/aromatic N) is 1. The van der Waals surface area contributed by atoms with Crippen LogP contribution in [-0.2, 0) is 6.42 Å². The molecule has 0 radical (unpaired) electrons. The van der Waals surface area contributed by atoms with E-state index >= 15 is 0 Å². The second kappa shape index (κ2) is 4.52. The normalized spacial score (nSPS) is 22.1. The van der Waals surface area contributed by atoms with Crippen molar-refractivity contribution < 1.29 is 0 Å². The predicted octanol–water partition coefficient (Wildman–Crippen LogP) is 3.32. The number of rotatable bonds is 4. The first-order valence-corrected chi connectivity index (χ1v) is 6.27. The molecule has 1 saturated carbocycles. The highest BCUT2D eigenvalue weighted by Crippen LogP contribution is 2.44. The summed E-state index contributed by atoms with van der Waals surface area (Å²) < 4.78 is 0. The van der Waals surface area contributed by atoms with E-state index in [4.69, 9.17) is 23.2 Å². The Balaban J connectivity index is 1.86. The average molecular weight is 259 g/mol. The second-order valence-corrected chi connectivity index (χ2v) is 5.85. The van der Waals surface area contributed by atoms with Crippen LogP contribution in [0.15, 0.2) is 12.4 Å². The Morgan fingerprint density at radius 2 is 1.94 bits per heavy atom. The molecule has 1 unspecified atom stereocenters. The number of aromatic nitrogens is 1. The fraction of sp³-hybridized carbons (Fsp3) is 0.583. The molecule has 0 amide bonds. The summed E-state index contributed by atoms with van der Waals surface area (Å²) in [6.45, 7) is 5.46. The lowest BCUT2D eigenvalue weighted by molar-refractivity contribution is 0.544. The maximum Gasteiger partial charge on any atom is 0.0636 e. The quantitative estimate of drug-likeness (QED) is 0.897. The fourth-order valence-corrected chi connectivity index (χ4v) is 2.42. The van der Waals surface area contributed by atoms with E-state index < -0.39 is 0 Å². The lowest BCUT2D eigenvalue weighted by Gasteiger charge is -2.08. The molecule has 1 atom stereocenters. The topological polar surface area (TPSA) is 24.9 Å². The zero-order chi connectivity index (χ0) is 11.8. The van der Waals surface area contributed by atoms with Crippen molar-refractivity contribution >= 4 is 23.2 Å². The third kappa shape index (κ3) is 2.68. The lowest BCUT2D eigenvalue weighted by atomic mass is 10.1. The average Bonchev–Trinajstić information content (AvgIpc) is 2.79. The monoisotopic (exact) mass is 258 g/mol. The number of nitrogens with one attached hydrogen (secondary N) is 1. The molecule has 0 bridgehead atoms. The van der Waals surface area contributed by atoms with Gasteiger partial charge in [-0.15, -0.1) is 0 Å². The highest BCUT2D eigenvalue weighted by Gasteiger charge is 2.44. The molecule has 4 heteroatoms. The molecule has 2 rings (SSSR count). The number of hydrogen-bond acceptors (Lipinski definition) is 2. The van der Waals surface area contributed by atoms with Crippen LogP contribution in [0.2, 0.25) is 10.0 Å². The van der Waals surface area contributed by atoms with Crippen LogP contribution in [-0.4, -0.2) is 17.6 Å². The Labute approximate surface area is 106 Å². The Kier molecular flexibility index (Phi) is 3.43. The van der Waals surface area contributed by atoms with Crippen LogP contribution in [0.25, 0.3) is 0 Å². The fourth-order valence-electron chi connectivity index (χ4n) is 1.86. The maximum atomic E-state index is 6.04. The molecule has 1 aliphatic carbocycles. The van der Waals surface area contributed by atoms with Crippen molar-refractivity contribution in [2.45, 2.75) is 32.7 Å². The Morgan fingerprint density at radius 3 is 2.44 bits per heavy atom. The van der Waals surface area contributed by atoms with E-state index in [0.717, 1.165) is 18.5 Å². The largest absolute Gasteiger partial charge is 0.313 e. The molecule has 0 aromatic carbocycles. The van der Waals surface area contributed by atoms with E-state index in [1.165, 1.54) is 6.42 Å². The Morgan fingerprint density at radius 1 is 1.38 bits per heavy atom.